The van der Waals surface area contributed by atoms with Crippen LogP contribution in [0.3, 0.4) is 0 Å². The normalized spacial score (nSPS) is 10.8. The zero-order chi connectivity index (χ0) is 13.7. The lowest BCUT2D eigenvalue weighted by atomic mass is 10.2. The molecule has 1 heterocycles. The summed E-state index contributed by atoms with van der Waals surface area (Å²) in [6.45, 7) is 2.43. The number of rotatable bonds is 4. The fourth-order valence-corrected chi connectivity index (χ4v) is 2.47. The Morgan fingerprint density at radius 1 is 1.58 bits per heavy atom. The molecule has 19 heavy (non-hydrogen) atoms. The molecule has 0 aliphatic heterocycles. The van der Waals surface area contributed by atoms with E-state index in [9.17, 15) is 4.79 Å². The highest BCUT2D eigenvalue weighted by Gasteiger charge is 2.09. The number of carbonyl (C=O) groups excluding carboxylic acids is 1. The van der Waals surface area contributed by atoms with Gasteiger partial charge in [-0.1, -0.05) is 28.6 Å². The zero-order valence-electron chi connectivity index (χ0n) is 10.6. The van der Waals surface area contributed by atoms with Crippen LogP contribution in [0.15, 0.2) is 23.4 Å². The number of oxime groups is 1. The average Bonchev–Trinajstić information content (AvgIpc) is 2.79. The van der Waals surface area contributed by atoms with Crippen LogP contribution in [0.2, 0.25) is 0 Å². The SMILES string of the molecule is CCNC(=O)Nc1nc2cccc(C=NOC)c2s1. The molecule has 2 aromatic rings. The molecule has 0 radical (unpaired) electrons. The number of nitrogens with zero attached hydrogens (tertiary/aromatic N) is 2. The lowest BCUT2D eigenvalue weighted by Crippen LogP contribution is -2.28. The maximum Gasteiger partial charge on any atom is 0.321 e. The smallest absolute Gasteiger partial charge is 0.321 e. The Balaban J connectivity index is 2.29. The second-order valence-corrected chi connectivity index (χ2v) is 4.62. The molecular weight excluding hydrogens is 264 g/mol. The van der Waals surface area contributed by atoms with Crippen LogP contribution in [0.25, 0.3) is 10.2 Å². The first-order chi connectivity index (χ1) is 9.24. The minimum atomic E-state index is -0.256. The summed E-state index contributed by atoms with van der Waals surface area (Å²) in [4.78, 5) is 20.5. The second-order valence-electron chi connectivity index (χ2n) is 3.62. The van der Waals surface area contributed by atoms with E-state index in [2.05, 4.69) is 25.6 Å². The maximum atomic E-state index is 11.4. The molecule has 0 fully saturated rings. The van der Waals surface area contributed by atoms with Gasteiger partial charge in [0.1, 0.15) is 7.11 Å². The summed E-state index contributed by atoms with van der Waals surface area (Å²) in [5.41, 5.74) is 1.72. The van der Waals surface area contributed by atoms with E-state index in [0.717, 1.165) is 15.8 Å². The third-order valence-electron chi connectivity index (χ3n) is 2.30. The number of anilines is 1. The van der Waals surface area contributed by atoms with Crippen molar-refractivity contribution < 1.29 is 9.63 Å². The molecule has 0 spiro atoms. The van der Waals surface area contributed by atoms with Crippen molar-refractivity contribution in [1.29, 1.82) is 0 Å². The highest BCUT2D eigenvalue weighted by Crippen LogP contribution is 2.28. The van der Waals surface area contributed by atoms with Gasteiger partial charge in [0.25, 0.3) is 0 Å². The van der Waals surface area contributed by atoms with Crippen LogP contribution in [0.5, 0.6) is 0 Å². The Bertz CT molecular complexity index is 609. The highest BCUT2D eigenvalue weighted by atomic mass is 32.1. The third-order valence-corrected chi connectivity index (χ3v) is 3.34. The van der Waals surface area contributed by atoms with E-state index in [1.165, 1.54) is 18.4 Å². The van der Waals surface area contributed by atoms with Gasteiger partial charge in [-0.2, -0.15) is 0 Å². The van der Waals surface area contributed by atoms with E-state index >= 15 is 0 Å². The quantitative estimate of drug-likeness (QED) is 0.666. The first-order valence-corrected chi connectivity index (χ1v) is 6.57. The van der Waals surface area contributed by atoms with E-state index in [1.54, 1.807) is 6.21 Å². The van der Waals surface area contributed by atoms with Gasteiger partial charge in [0.2, 0.25) is 0 Å². The average molecular weight is 278 g/mol. The van der Waals surface area contributed by atoms with Crippen molar-refractivity contribution in [3.05, 3.63) is 23.8 Å². The van der Waals surface area contributed by atoms with E-state index in [0.29, 0.717) is 11.7 Å². The number of hydrogen-bond acceptors (Lipinski definition) is 5. The van der Waals surface area contributed by atoms with E-state index in [1.807, 2.05) is 25.1 Å². The van der Waals surface area contributed by atoms with Crippen LogP contribution in [0.1, 0.15) is 12.5 Å². The van der Waals surface area contributed by atoms with Crippen LogP contribution in [0.4, 0.5) is 9.93 Å². The zero-order valence-corrected chi connectivity index (χ0v) is 11.5. The van der Waals surface area contributed by atoms with Gasteiger partial charge < -0.3 is 10.2 Å². The molecule has 0 saturated heterocycles. The predicted octanol–water partition coefficient (Wildman–Crippen LogP) is 2.42. The molecule has 2 rings (SSSR count). The van der Waals surface area contributed by atoms with Crippen molar-refractivity contribution in [1.82, 2.24) is 10.3 Å². The van der Waals surface area contributed by atoms with Gasteiger partial charge in [0, 0.05) is 12.1 Å². The molecule has 1 aromatic heterocycles. The van der Waals surface area contributed by atoms with Gasteiger partial charge in [-0.3, -0.25) is 5.32 Å². The van der Waals surface area contributed by atoms with Crippen LogP contribution >= 0.6 is 11.3 Å². The van der Waals surface area contributed by atoms with Crippen molar-refractivity contribution >= 4 is 38.9 Å². The summed E-state index contributed by atoms with van der Waals surface area (Å²) in [6.07, 6.45) is 1.62. The number of benzene rings is 1. The minimum absolute atomic E-state index is 0.256. The summed E-state index contributed by atoms with van der Waals surface area (Å²) >= 11 is 1.40. The van der Waals surface area contributed by atoms with Crippen molar-refractivity contribution in [2.24, 2.45) is 5.16 Å². The van der Waals surface area contributed by atoms with Crippen molar-refractivity contribution in [2.75, 3.05) is 19.0 Å². The van der Waals surface area contributed by atoms with Gasteiger partial charge in [-0.05, 0) is 13.0 Å². The predicted molar refractivity (Wildman–Crippen MR) is 76.9 cm³/mol. The third kappa shape index (κ3) is 3.19. The Hall–Kier alpha value is -2.15. The Morgan fingerprint density at radius 3 is 3.16 bits per heavy atom. The van der Waals surface area contributed by atoms with Gasteiger partial charge in [-0.15, -0.1) is 0 Å². The molecule has 0 aliphatic carbocycles. The molecule has 6 nitrogen and oxygen atoms in total. The molecule has 1 aromatic carbocycles. The number of carbonyl (C=O) groups is 1. The molecule has 2 amide bonds. The number of hydrogen-bond donors (Lipinski definition) is 2. The lowest BCUT2D eigenvalue weighted by molar-refractivity contribution is 0.215. The standard InChI is InChI=1S/C12H14N4O2S/c1-3-13-11(17)16-12-15-9-6-4-5-8(7-14-18-2)10(9)19-12/h4-7H,3H2,1-2H3,(H2,13,15,16,17). The number of amides is 2. The van der Waals surface area contributed by atoms with Crippen LogP contribution in [-0.2, 0) is 4.84 Å². The van der Waals surface area contributed by atoms with Gasteiger partial charge in [0.15, 0.2) is 5.13 Å². The Morgan fingerprint density at radius 2 is 2.42 bits per heavy atom. The second kappa shape index (κ2) is 6.14. The monoisotopic (exact) mass is 278 g/mol. The van der Waals surface area contributed by atoms with Gasteiger partial charge in [0.05, 0.1) is 16.4 Å². The molecule has 0 aliphatic rings. The molecule has 0 unspecified atom stereocenters. The molecule has 0 saturated carbocycles. The molecule has 7 heteroatoms. The Labute approximate surface area is 114 Å². The molecular formula is C12H14N4O2S. The van der Waals surface area contributed by atoms with Crippen molar-refractivity contribution in [3.63, 3.8) is 0 Å². The minimum Gasteiger partial charge on any atom is -0.399 e. The number of thiazole rings is 1. The van der Waals surface area contributed by atoms with Gasteiger partial charge in [-0.25, -0.2) is 9.78 Å². The molecule has 2 N–H and O–H groups in total. The molecule has 0 atom stereocenters. The van der Waals surface area contributed by atoms with Crippen molar-refractivity contribution in [3.8, 4) is 0 Å². The van der Waals surface area contributed by atoms with Gasteiger partial charge >= 0.3 is 6.03 Å². The number of urea groups is 1. The summed E-state index contributed by atoms with van der Waals surface area (Å²) in [5, 5.41) is 9.66. The first kappa shape index (κ1) is 13.3. The summed E-state index contributed by atoms with van der Waals surface area (Å²) < 4.78 is 0.954. The Kier molecular flexibility index (Phi) is 4.30. The molecule has 100 valence electrons. The molecule has 0 bridgehead atoms. The summed E-state index contributed by atoms with van der Waals surface area (Å²) in [6, 6.07) is 5.43. The fraction of sp³-hybridized carbons (Fsp3) is 0.250. The summed E-state index contributed by atoms with van der Waals surface area (Å²) in [7, 11) is 1.49. The number of nitrogens with one attached hydrogen (secondary N) is 2. The largest absolute Gasteiger partial charge is 0.399 e. The van der Waals surface area contributed by atoms with E-state index in [-0.39, 0.29) is 6.03 Å². The topological polar surface area (TPSA) is 75.6 Å². The van der Waals surface area contributed by atoms with Crippen LogP contribution in [-0.4, -0.2) is 30.9 Å². The maximum absolute atomic E-state index is 11.4. The highest BCUT2D eigenvalue weighted by molar-refractivity contribution is 7.22. The van der Waals surface area contributed by atoms with E-state index < -0.39 is 0 Å². The lowest BCUT2D eigenvalue weighted by Gasteiger charge is -2.00. The van der Waals surface area contributed by atoms with Crippen LogP contribution < -0.4 is 10.6 Å². The van der Waals surface area contributed by atoms with Crippen LogP contribution in [0, 0.1) is 0 Å². The van der Waals surface area contributed by atoms with Crippen molar-refractivity contribution in [2.45, 2.75) is 6.92 Å². The summed E-state index contributed by atoms with van der Waals surface area (Å²) in [5.74, 6) is 0. The number of fused-ring (bicyclic) bond motifs is 1. The fourth-order valence-electron chi connectivity index (χ4n) is 1.54. The first-order valence-electron chi connectivity index (χ1n) is 5.75. The van der Waals surface area contributed by atoms with E-state index in [4.69, 9.17) is 0 Å². The number of aromatic nitrogens is 1.